The van der Waals surface area contributed by atoms with Gasteiger partial charge in [0.25, 0.3) is 0 Å². The van der Waals surface area contributed by atoms with E-state index in [0.717, 1.165) is 27.8 Å². The third-order valence-electron chi connectivity index (χ3n) is 3.11. The first-order chi connectivity index (χ1) is 9.70. The van der Waals surface area contributed by atoms with Crippen LogP contribution in [0.5, 0.6) is 0 Å². The molecule has 0 bridgehead atoms. The van der Waals surface area contributed by atoms with Gasteiger partial charge in [-0.15, -0.1) is 11.8 Å². The molecule has 1 unspecified atom stereocenters. The van der Waals surface area contributed by atoms with Gasteiger partial charge in [-0.1, -0.05) is 47.5 Å². The molecule has 106 valence electrons. The number of nitrogens with one attached hydrogen (secondary N) is 1. The number of likely N-dealkylation sites (N-methyl/N-ethyl adjacent to an activating group) is 1. The first-order valence-corrected chi connectivity index (χ1v) is 8.23. The standard InChI is InChI=1S/C16H17Cl2NS/c1-19-12(11-20-13-6-3-2-4-7-13)10-14-15(17)8-5-9-16(14)18/h2-9,12,19H,10-11H2,1H3. The van der Waals surface area contributed by atoms with Crippen molar-refractivity contribution in [3.05, 3.63) is 64.1 Å². The normalized spacial score (nSPS) is 12.3. The zero-order chi connectivity index (χ0) is 14.4. The zero-order valence-electron chi connectivity index (χ0n) is 11.3. The Kier molecular flexibility index (Phi) is 6.24. The molecule has 0 saturated carbocycles. The number of hydrogen-bond acceptors (Lipinski definition) is 2. The summed E-state index contributed by atoms with van der Waals surface area (Å²) in [5.74, 6) is 0.974. The Morgan fingerprint density at radius 3 is 2.25 bits per heavy atom. The minimum Gasteiger partial charge on any atom is -0.316 e. The molecule has 0 amide bonds. The van der Waals surface area contributed by atoms with Gasteiger partial charge in [-0.25, -0.2) is 0 Å². The van der Waals surface area contributed by atoms with E-state index in [0.29, 0.717) is 6.04 Å². The van der Waals surface area contributed by atoms with Crippen LogP contribution in [0.15, 0.2) is 53.4 Å². The van der Waals surface area contributed by atoms with Gasteiger partial charge in [0, 0.05) is 26.7 Å². The molecular formula is C16H17Cl2NS. The monoisotopic (exact) mass is 325 g/mol. The third kappa shape index (κ3) is 4.42. The van der Waals surface area contributed by atoms with Crippen LogP contribution < -0.4 is 5.32 Å². The average Bonchev–Trinajstić information content (AvgIpc) is 2.47. The van der Waals surface area contributed by atoms with E-state index in [9.17, 15) is 0 Å². The molecule has 2 rings (SSSR count). The highest BCUT2D eigenvalue weighted by Crippen LogP contribution is 2.27. The predicted octanol–water partition coefficient (Wildman–Crippen LogP) is 4.92. The summed E-state index contributed by atoms with van der Waals surface area (Å²) in [6.07, 6.45) is 0.828. The third-order valence-corrected chi connectivity index (χ3v) is 5.00. The summed E-state index contributed by atoms with van der Waals surface area (Å²) in [6, 6.07) is 16.4. The Hall–Kier alpha value is -0.670. The largest absolute Gasteiger partial charge is 0.316 e. The molecule has 1 N–H and O–H groups in total. The Morgan fingerprint density at radius 1 is 1.00 bits per heavy atom. The summed E-state index contributed by atoms with van der Waals surface area (Å²) in [4.78, 5) is 1.28. The number of thioether (sulfide) groups is 1. The Bertz CT molecular complexity index is 525. The first kappa shape index (κ1) is 15.7. The molecule has 0 fully saturated rings. The molecule has 0 aromatic heterocycles. The quantitative estimate of drug-likeness (QED) is 0.757. The van der Waals surface area contributed by atoms with Gasteiger partial charge in [-0.2, -0.15) is 0 Å². The van der Waals surface area contributed by atoms with E-state index in [1.807, 2.05) is 43.1 Å². The van der Waals surface area contributed by atoms with E-state index in [2.05, 4.69) is 29.6 Å². The van der Waals surface area contributed by atoms with Crippen molar-refractivity contribution in [1.82, 2.24) is 5.32 Å². The zero-order valence-corrected chi connectivity index (χ0v) is 13.6. The lowest BCUT2D eigenvalue weighted by Crippen LogP contribution is -2.30. The second-order valence-corrected chi connectivity index (χ2v) is 6.42. The van der Waals surface area contributed by atoms with Crippen LogP contribution >= 0.6 is 35.0 Å². The fourth-order valence-corrected chi connectivity index (χ4v) is 3.51. The summed E-state index contributed by atoms with van der Waals surface area (Å²) in [5, 5.41) is 4.81. The summed E-state index contributed by atoms with van der Waals surface area (Å²) >= 11 is 14.3. The highest BCUT2D eigenvalue weighted by Gasteiger charge is 2.13. The summed E-state index contributed by atoms with van der Waals surface area (Å²) in [5.41, 5.74) is 1.02. The highest BCUT2D eigenvalue weighted by atomic mass is 35.5. The fourth-order valence-electron chi connectivity index (χ4n) is 1.93. The van der Waals surface area contributed by atoms with Crippen LogP contribution in [-0.4, -0.2) is 18.8 Å². The number of benzene rings is 2. The Labute approximate surface area is 134 Å². The van der Waals surface area contributed by atoms with Gasteiger partial charge >= 0.3 is 0 Å². The van der Waals surface area contributed by atoms with Crippen molar-refractivity contribution in [2.24, 2.45) is 0 Å². The average molecular weight is 326 g/mol. The predicted molar refractivity (Wildman–Crippen MR) is 90.2 cm³/mol. The lowest BCUT2D eigenvalue weighted by molar-refractivity contribution is 0.617. The van der Waals surface area contributed by atoms with Crippen LogP contribution in [-0.2, 0) is 6.42 Å². The maximum atomic E-state index is 6.23. The Balaban J connectivity index is 1.99. The molecular weight excluding hydrogens is 309 g/mol. The molecule has 0 radical (unpaired) electrons. The first-order valence-electron chi connectivity index (χ1n) is 6.48. The second-order valence-electron chi connectivity index (χ2n) is 4.51. The fraction of sp³-hybridized carbons (Fsp3) is 0.250. The molecule has 0 saturated heterocycles. The van der Waals surface area contributed by atoms with Gasteiger partial charge in [0.1, 0.15) is 0 Å². The van der Waals surface area contributed by atoms with Crippen LogP contribution in [0.2, 0.25) is 10.0 Å². The molecule has 1 nitrogen and oxygen atoms in total. The van der Waals surface area contributed by atoms with Gasteiger partial charge in [-0.3, -0.25) is 0 Å². The molecule has 1 atom stereocenters. The minimum absolute atomic E-state index is 0.331. The molecule has 2 aromatic rings. The van der Waals surface area contributed by atoms with E-state index in [-0.39, 0.29) is 0 Å². The number of rotatable bonds is 6. The number of halogens is 2. The van der Waals surface area contributed by atoms with Crippen molar-refractivity contribution in [2.45, 2.75) is 17.4 Å². The van der Waals surface area contributed by atoms with Crippen molar-refractivity contribution in [2.75, 3.05) is 12.8 Å². The minimum atomic E-state index is 0.331. The molecule has 0 heterocycles. The summed E-state index contributed by atoms with van der Waals surface area (Å²) < 4.78 is 0. The molecule has 0 aliphatic heterocycles. The van der Waals surface area contributed by atoms with E-state index >= 15 is 0 Å². The molecule has 0 aliphatic carbocycles. The molecule has 0 aliphatic rings. The lowest BCUT2D eigenvalue weighted by atomic mass is 10.1. The van der Waals surface area contributed by atoms with E-state index in [4.69, 9.17) is 23.2 Å². The number of hydrogen-bond donors (Lipinski definition) is 1. The van der Waals surface area contributed by atoms with Crippen LogP contribution in [0.3, 0.4) is 0 Å². The second kappa shape index (κ2) is 7.94. The van der Waals surface area contributed by atoms with Gasteiger partial charge in [-0.05, 0) is 43.3 Å². The molecule has 20 heavy (non-hydrogen) atoms. The van der Waals surface area contributed by atoms with Crippen molar-refractivity contribution in [1.29, 1.82) is 0 Å². The maximum absolute atomic E-state index is 6.23. The van der Waals surface area contributed by atoms with Crippen molar-refractivity contribution in [3.8, 4) is 0 Å². The Morgan fingerprint density at radius 2 is 1.65 bits per heavy atom. The van der Waals surface area contributed by atoms with E-state index in [1.165, 1.54) is 4.90 Å². The van der Waals surface area contributed by atoms with Crippen LogP contribution in [0.4, 0.5) is 0 Å². The van der Waals surface area contributed by atoms with Crippen LogP contribution in [0.1, 0.15) is 5.56 Å². The summed E-state index contributed by atoms with van der Waals surface area (Å²) in [7, 11) is 1.97. The topological polar surface area (TPSA) is 12.0 Å². The summed E-state index contributed by atoms with van der Waals surface area (Å²) in [6.45, 7) is 0. The molecule has 0 spiro atoms. The smallest absolute Gasteiger partial charge is 0.0453 e. The highest BCUT2D eigenvalue weighted by molar-refractivity contribution is 7.99. The lowest BCUT2D eigenvalue weighted by Gasteiger charge is -2.17. The van der Waals surface area contributed by atoms with E-state index in [1.54, 1.807) is 0 Å². The van der Waals surface area contributed by atoms with Crippen molar-refractivity contribution >= 4 is 35.0 Å². The van der Waals surface area contributed by atoms with Crippen LogP contribution in [0.25, 0.3) is 0 Å². The molecule has 2 aromatic carbocycles. The van der Waals surface area contributed by atoms with Crippen molar-refractivity contribution < 1.29 is 0 Å². The van der Waals surface area contributed by atoms with Gasteiger partial charge < -0.3 is 5.32 Å². The van der Waals surface area contributed by atoms with Crippen molar-refractivity contribution in [3.63, 3.8) is 0 Å². The molecule has 4 heteroatoms. The van der Waals surface area contributed by atoms with E-state index < -0.39 is 0 Å². The maximum Gasteiger partial charge on any atom is 0.0453 e. The van der Waals surface area contributed by atoms with Gasteiger partial charge in [0.2, 0.25) is 0 Å². The van der Waals surface area contributed by atoms with Gasteiger partial charge in [0.15, 0.2) is 0 Å². The van der Waals surface area contributed by atoms with Crippen LogP contribution in [0, 0.1) is 0 Å². The SMILES string of the molecule is CNC(CSc1ccccc1)Cc1c(Cl)cccc1Cl. The van der Waals surface area contributed by atoms with Gasteiger partial charge in [0.05, 0.1) is 0 Å².